The van der Waals surface area contributed by atoms with Crippen LogP contribution in [0.2, 0.25) is 0 Å². The number of ether oxygens (including phenoxy) is 2. The van der Waals surface area contributed by atoms with Gasteiger partial charge >= 0.3 is 5.97 Å². The highest BCUT2D eigenvalue weighted by Crippen LogP contribution is 1.89. The number of methoxy groups -OCH3 is 1. The van der Waals surface area contributed by atoms with Crippen molar-refractivity contribution in [1.82, 2.24) is 5.32 Å². The van der Waals surface area contributed by atoms with Gasteiger partial charge in [0.2, 0.25) is 5.91 Å². The lowest BCUT2D eigenvalue weighted by atomic mass is 10.4. The summed E-state index contributed by atoms with van der Waals surface area (Å²) >= 11 is 0. The Morgan fingerprint density at radius 2 is 2.13 bits per heavy atom. The summed E-state index contributed by atoms with van der Waals surface area (Å²) in [5.41, 5.74) is 0. The number of aliphatic carboxylic acids is 1. The van der Waals surface area contributed by atoms with Crippen LogP contribution in [0.1, 0.15) is 13.3 Å². The molecule has 6 nitrogen and oxygen atoms in total. The largest absolute Gasteiger partial charge is 0.479 e. The molecule has 15 heavy (non-hydrogen) atoms. The fourth-order valence-electron chi connectivity index (χ4n) is 0.767. The van der Waals surface area contributed by atoms with Gasteiger partial charge in [-0.3, -0.25) is 4.79 Å². The fraction of sp³-hybridized carbons (Fsp3) is 0.778. The van der Waals surface area contributed by atoms with Crippen LogP contribution in [0, 0.1) is 0 Å². The molecule has 0 aliphatic carbocycles. The molecule has 6 heteroatoms. The third-order valence-electron chi connectivity index (χ3n) is 1.66. The molecule has 0 aromatic carbocycles. The van der Waals surface area contributed by atoms with Crippen LogP contribution < -0.4 is 5.32 Å². The molecule has 0 aliphatic heterocycles. The Morgan fingerprint density at radius 1 is 1.47 bits per heavy atom. The van der Waals surface area contributed by atoms with Gasteiger partial charge in [-0.1, -0.05) is 0 Å². The average molecular weight is 219 g/mol. The molecule has 0 spiro atoms. The van der Waals surface area contributed by atoms with Crippen molar-refractivity contribution >= 4 is 11.9 Å². The topological polar surface area (TPSA) is 84.9 Å². The predicted molar refractivity (Wildman–Crippen MR) is 52.6 cm³/mol. The summed E-state index contributed by atoms with van der Waals surface area (Å²) < 4.78 is 9.57. The molecule has 0 aromatic rings. The Hall–Kier alpha value is -1.14. The van der Waals surface area contributed by atoms with Crippen molar-refractivity contribution in [3.8, 4) is 0 Å². The summed E-state index contributed by atoms with van der Waals surface area (Å²) in [5, 5.41) is 11.0. The Morgan fingerprint density at radius 3 is 2.67 bits per heavy atom. The molecule has 0 saturated heterocycles. The lowest BCUT2D eigenvalue weighted by molar-refractivity contribution is -0.150. The van der Waals surface area contributed by atoms with Crippen molar-refractivity contribution in [3.05, 3.63) is 0 Å². The van der Waals surface area contributed by atoms with E-state index in [4.69, 9.17) is 14.6 Å². The van der Waals surface area contributed by atoms with Crippen LogP contribution in [0.4, 0.5) is 0 Å². The first-order valence-corrected chi connectivity index (χ1v) is 4.68. The zero-order valence-corrected chi connectivity index (χ0v) is 8.99. The molecule has 1 amide bonds. The van der Waals surface area contributed by atoms with E-state index in [2.05, 4.69) is 5.32 Å². The van der Waals surface area contributed by atoms with Gasteiger partial charge in [-0.25, -0.2) is 4.79 Å². The van der Waals surface area contributed by atoms with E-state index >= 15 is 0 Å². The van der Waals surface area contributed by atoms with E-state index in [-0.39, 0.29) is 12.5 Å². The zero-order valence-electron chi connectivity index (χ0n) is 8.99. The number of carboxylic acid groups (broad SMARTS) is 1. The van der Waals surface area contributed by atoms with Gasteiger partial charge in [-0.15, -0.1) is 0 Å². The minimum atomic E-state index is -1.08. The van der Waals surface area contributed by atoms with E-state index in [1.54, 1.807) is 7.11 Å². The van der Waals surface area contributed by atoms with Crippen LogP contribution in [0.3, 0.4) is 0 Å². The number of hydrogen-bond donors (Lipinski definition) is 2. The Kier molecular flexibility index (Phi) is 7.57. The highest BCUT2D eigenvalue weighted by molar-refractivity contribution is 5.78. The number of amides is 1. The van der Waals surface area contributed by atoms with E-state index in [0.29, 0.717) is 13.2 Å². The van der Waals surface area contributed by atoms with Crippen molar-refractivity contribution in [2.75, 3.05) is 26.9 Å². The molecular weight excluding hydrogens is 202 g/mol. The number of nitrogens with one attached hydrogen (secondary N) is 1. The molecule has 0 radical (unpaired) electrons. The van der Waals surface area contributed by atoms with E-state index in [1.165, 1.54) is 6.92 Å². The van der Waals surface area contributed by atoms with Gasteiger partial charge in [0.15, 0.2) is 6.10 Å². The first-order chi connectivity index (χ1) is 7.07. The molecule has 0 aliphatic rings. The van der Waals surface area contributed by atoms with E-state index < -0.39 is 12.1 Å². The molecule has 0 rings (SSSR count). The van der Waals surface area contributed by atoms with Crippen LogP contribution in [-0.2, 0) is 19.1 Å². The van der Waals surface area contributed by atoms with Crippen LogP contribution in [0.15, 0.2) is 0 Å². The molecule has 1 atom stereocenters. The van der Waals surface area contributed by atoms with Crippen molar-refractivity contribution in [2.24, 2.45) is 0 Å². The minimum absolute atomic E-state index is 0.236. The van der Waals surface area contributed by atoms with Crippen molar-refractivity contribution < 1.29 is 24.2 Å². The van der Waals surface area contributed by atoms with Crippen molar-refractivity contribution in [1.29, 1.82) is 0 Å². The maximum atomic E-state index is 11.1. The fourth-order valence-corrected chi connectivity index (χ4v) is 0.767. The third-order valence-corrected chi connectivity index (χ3v) is 1.66. The molecule has 0 bridgehead atoms. The van der Waals surface area contributed by atoms with Gasteiger partial charge in [0.25, 0.3) is 0 Å². The summed E-state index contributed by atoms with van der Waals surface area (Å²) in [7, 11) is 1.58. The summed E-state index contributed by atoms with van der Waals surface area (Å²) in [6.45, 7) is 2.21. The maximum absolute atomic E-state index is 11.1. The van der Waals surface area contributed by atoms with Gasteiger partial charge in [-0.05, 0) is 13.3 Å². The Labute approximate surface area is 88.6 Å². The third kappa shape index (κ3) is 7.90. The van der Waals surface area contributed by atoms with Gasteiger partial charge < -0.3 is 19.9 Å². The number of carbonyl (C=O) groups is 2. The second-order valence-electron chi connectivity index (χ2n) is 2.99. The predicted octanol–water partition coefficient (Wildman–Crippen LogP) is -0.371. The Balaban J connectivity index is 3.45. The monoisotopic (exact) mass is 219 g/mol. The quantitative estimate of drug-likeness (QED) is 0.544. The minimum Gasteiger partial charge on any atom is -0.479 e. The van der Waals surface area contributed by atoms with Crippen LogP contribution in [0.5, 0.6) is 0 Å². The molecule has 0 unspecified atom stereocenters. The zero-order chi connectivity index (χ0) is 11.7. The van der Waals surface area contributed by atoms with E-state index in [0.717, 1.165) is 6.42 Å². The summed E-state index contributed by atoms with van der Waals surface area (Å²) in [5.74, 6) is -1.40. The first-order valence-electron chi connectivity index (χ1n) is 4.68. The average Bonchev–Trinajstić information content (AvgIpc) is 2.20. The highest BCUT2D eigenvalue weighted by Gasteiger charge is 2.12. The van der Waals surface area contributed by atoms with Gasteiger partial charge in [0.1, 0.15) is 6.61 Å². The normalized spacial score (nSPS) is 12.1. The molecule has 88 valence electrons. The lowest BCUT2D eigenvalue weighted by Gasteiger charge is -2.08. The summed E-state index contributed by atoms with van der Waals surface area (Å²) in [6.07, 6.45) is -0.244. The summed E-state index contributed by atoms with van der Waals surface area (Å²) in [4.78, 5) is 21.4. The number of carboxylic acids is 1. The van der Waals surface area contributed by atoms with Gasteiger partial charge in [-0.2, -0.15) is 0 Å². The smallest absolute Gasteiger partial charge is 0.332 e. The van der Waals surface area contributed by atoms with Crippen molar-refractivity contribution in [2.45, 2.75) is 19.4 Å². The van der Waals surface area contributed by atoms with E-state index in [1.807, 2.05) is 0 Å². The van der Waals surface area contributed by atoms with Gasteiger partial charge in [0.05, 0.1) is 0 Å². The van der Waals surface area contributed by atoms with Crippen LogP contribution in [-0.4, -0.2) is 50.0 Å². The standard InChI is InChI=1S/C9H17NO5/c1-7(9(12)13)15-6-8(11)10-4-3-5-14-2/h7H,3-6H2,1-2H3,(H,10,11)(H,12,13)/t7-/m0/s1. The Bertz CT molecular complexity index is 207. The number of hydrogen-bond acceptors (Lipinski definition) is 4. The molecule has 0 fully saturated rings. The number of carbonyl (C=O) groups excluding carboxylic acids is 1. The van der Waals surface area contributed by atoms with E-state index in [9.17, 15) is 9.59 Å². The molecule has 2 N–H and O–H groups in total. The molecule has 0 saturated carbocycles. The first kappa shape index (κ1) is 13.9. The van der Waals surface area contributed by atoms with Gasteiger partial charge in [0, 0.05) is 20.3 Å². The molecule has 0 aromatic heterocycles. The van der Waals surface area contributed by atoms with Crippen molar-refractivity contribution in [3.63, 3.8) is 0 Å². The second-order valence-corrected chi connectivity index (χ2v) is 2.99. The molecule has 0 heterocycles. The SMILES string of the molecule is COCCCNC(=O)CO[C@@H](C)C(=O)O. The molecular formula is C9H17NO5. The lowest BCUT2D eigenvalue weighted by Crippen LogP contribution is -2.32. The maximum Gasteiger partial charge on any atom is 0.332 e. The second kappa shape index (κ2) is 8.19. The van der Waals surface area contributed by atoms with Crippen LogP contribution in [0.25, 0.3) is 0 Å². The summed E-state index contributed by atoms with van der Waals surface area (Å²) in [6, 6.07) is 0. The highest BCUT2D eigenvalue weighted by atomic mass is 16.5. The number of rotatable bonds is 8. The van der Waals surface area contributed by atoms with Crippen LogP contribution >= 0.6 is 0 Å².